The van der Waals surface area contributed by atoms with E-state index in [4.69, 9.17) is 5.11 Å². The van der Waals surface area contributed by atoms with E-state index in [0.29, 0.717) is 5.92 Å². The second-order valence-electron chi connectivity index (χ2n) is 5.52. The number of aromatic nitrogens is 1. The van der Waals surface area contributed by atoms with Crippen LogP contribution in [0.1, 0.15) is 50.4 Å². The first-order valence-corrected chi connectivity index (χ1v) is 6.95. The number of nitrogens with zero attached hydrogens (tertiary/aromatic N) is 2. The molecule has 0 saturated heterocycles. The minimum atomic E-state index is -1.23. The van der Waals surface area contributed by atoms with Gasteiger partial charge in [-0.1, -0.05) is 26.7 Å². The zero-order valence-electron chi connectivity index (χ0n) is 12.5. The molecule has 0 bridgehead atoms. The number of carbonyl (C=O) groups is 1. The Bertz CT molecular complexity index is 517. The number of carboxylic acid groups (broad SMARTS) is 1. The van der Waals surface area contributed by atoms with Gasteiger partial charge in [-0.25, -0.2) is 9.78 Å². The number of pyridine rings is 1. The van der Waals surface area contributed by atoms with Crippen LogP contribution in [0.4, 0.5) is 11.5 Å². The van der Waals surface area contributed by atoms with Crippen molar-refractivity contribution in [2.75, 3.05) is 5.32 Å². The maximum atomic E-state index is 11.0. The number of nitro groups is 1. The predicted octanol–water partition coefficient (Wildman–Crippen LogP) is 3.31. The van der Waals surface area contributed by atoms with E-state index in [-0.39, 0.29) is 23.1 Å². The van der Waals surface area contributed by atoms with Crippen LogP contribution in [0.5, 0.6) is 0 Å². The van der Waals surface area contributed by atoms with Gasteiger partial charge in [0.15, 0.2) is 0 Å². The van der Waals surface area contributed by atoms with Crippen LogP contribution in [0.2, 0.25) is 0 Å². The molecular formula is C14H21N3O4. The third kappa shape index (κ3) is 5.37. The molecule has 0 fully saturated rings. The Morgan fingerprint density at radius 1 is 1.43 bits per heavy atom. The normalized spacial score (nSPS) is 12.2. The highest BCUT2D eigenvalue weighted by molar-refractivity contribution is 5.88. The van der Waals surface area contributed by atoms with E-state index < -0.39 is 10.9 Å². The van der Waals surface area contributed by atoms with Crippen molar-refractivity contribution in [3.63, 3.8) is 0 Å². The van der Waals surface area contributed by atoms with Gasteiger partial charge in [0.1, 0.15) is 0 Å². The Morgan fingerprint density at radius 3 is 2.62 bits per heavy atom. The average molecular weight is 295 g/mol. The van der Waals surface area contributed by atoms with E-state index in [2.05, 4.69) is 24.1 Å². The number of carboxylic acids is 1. The molecule has 0 aliphatic rings. The number of anilines is 1. The minimum absolute atomic E-state index is 0.0330. The Balaban J connectivity index is 2.78. The summed E-state index contributed by atoms with van der Waals surface area (Å²) >= 11 is 0. The molecule has 0 aliphatic carbocycles. The fraction of sp³-hybridized carbons (Fsp3) is 0.571. The first kappa shape index (κ1) is 16.9. The lowest BCUT2D eigenvalue weighted by molar-refractivity contribution is -0.384. The minimum Gasteiger partial charge on any atom is -0.478 e. The number of hydrogen-bond donors (Lipinski definition) is 2. The first-order valence-electron chi connectivity index (χ1n) is 6.95. The molecule has 1 rings (SSSR count). The monoisotopic (exact) mass is 295 g/mol. The van der Waals surface area contributed by atoms with Gasteiger partial charge >= 0.3 is 11.7 Å². The molecule has 0 radical (unpaired) electrons. The molecule has 0 spiro atoms. The molecule has 1 aromatic rings. The van der Waals surface area contributed by atoms with Crippen molar-refractivity contribution in [3.05, 3.63) is 27.9 Å². The van der Waals surface area contributed by atoms with Gasteiger partial charge in [0, 0.05) is 18.3 Å². The largest absolute Gasteiger partial charge is 0.478 e. The van der Waals surface area contributed by atoms with Crippen LogP contribution in [0.3, 0.4) is 0 Å². The fourth-order valence-corrected chi connectivity index (χ4v) is 1.96. The smallest absolute Gasteiger partial charge is 0.337 e. The lowest BCUT2D eigenvalue weighted by Gasteiger charge is -2.15. The van der Waals surface area contributed by atoms with Crippen molar-refractivity contribution in [2.24, 2.45) is 5.92 Å². The number of nitrogens with one attached hydrogen (secondary N) is 1. The lowest BCUT2D eigenvalue weighted by Crippen LogP contribution is -2.17. The summed E-state index contributed by atoms with van der Waals surface area (Å²) in [5.41, 5.74) is -0.509. The van der Waals surface area contributed by atoms with Gasteiger partial charge in [-0.05, 0) is 19.3 Å². The van der Waals surface area contributed by atoms with Crippen molar-refractivity contribution < 1.29 is 14.8 Å². The fourth-order valence-electron chi connectivity index (χ4n) is 1.96. The summed E-state index contributed by atoms with van der Waals surface area (Å²) in [5.74, 6) is -0.497. The van der Waals surface area contributed by atoms with E-state index in [1.165, 1.54) is 0 Å². The molecule has 2 N–H and O–H groups in total. The molecule has 0 amide bonds. The van der Waals surface area contributed by atoms with Crippen LogP contribution >= 0.6 is 0 Å². The molecule has 1 heterocycles. The van der Waals surface area contributed by atoms with Crippen molar-refractivity contribution in [1.82, 2.24) is 4.98 Å². The summed E-state index contributed by atoms with van der Waals surface area (Å²) in [7, 11) is 0. The number of aromatic carboxylic acids is 1. The summed E-state index contributed by atoms with van der Waals surface area (Å²) in [6.07, 6.45) is 4.11. The topological polar surface area (TPSA) is 105 Å². The predicted molar refractivity (Wildman–Crippen MR) is 79.6 cm³/mol. The van der Waals surface area contributed by atoms with Gasteiger partial charge in [0.05, 0.1) is 10.5 Å². The maximum Gasteiger partial charge on any atom is 0.337 e. The van der Waals surface area contributed by atoms with E-state index in [1.807, 2.05) is 6.92 Å². The van der Waals surface area contributed by atoms with Gasteiger partial charge in [-0.3, -0.25) is 10.1 Å². The summed E-state index contributed by atoms with van der Waals surface area (Å²) in [4.78, 5) is 25.1. The molecule has 0 aromatic carbocycles. The number of rotatable bonds is 8. The molecule has 116 valence electrons. The van der Waals surface area contributed by atoms with Crippen molar-refractivity contribution in [3.8, 4) is 0 Å². The highest BCUT2D eigenvalue weighted by Crippen LogP contribution is 2.24. The zero-order valence-corrected chi connectivity index (χ0v) is 12.5. The number of hydrogen-bond acceptors (Lipinski definition) is 5. The van der Waals surface area contributed by atoms with E-state index in [9.17, 15) is 14.9 Å². The Morgan fingerprint density at radius 2 is 2.10 bits per heavy atom. The molecule has 7 nitrogen and oxygen atoms in total. The molecule has 0 aliphatic heterocycles. The van der Waals surface area contributed by atoms with E-state index in [0.717, 1.165) is 31.5 Å². The quantitative estimate of drug-likeness (QED) is 0.563. The highest BCUT2D eigenvalue weighted by atomic mass is 16.6. The molecule has 1 unspecified atom stereocenters. The van der Waals surface area contributed by atoms with Crippen LogP contribution in [-0.4, -0.2) is 27.0 Å². The second-order valence-corrected chi connectivity index (χ2v) is 5.52. The maximum absolute atomic E-state index is 11.0. The Labute approximate surface area is 123 Å². The van der Waals surface area contributed by atoms with Gasteiger partial charge in [0.2, 0.25) is 5.82 Å². The van der Waals surface area contributed by atoms with Crippen LogP contribution in [-0.2, 0) is 0 Å². The Kier molecular flexibility index (Phi) is 6.08. The molecule has 0 saturated carbocycles. The van der Waals surface area contributed by atoms with Crippen molar-refractivity contribution in [1.29, 1.82) is 0 Å². The van der Waals surface area contributed by atoms with Gasteiger partial charge in [0.25, 0.3) is 0 Å². The van der Waals surface area contributed by atoms with E-state index in [1.54, 1.807) is 0 Å². The van der Waals surface area contributed by atoms with Gasteiger partial charge in [-0.15, -0.1) is 0 Å². The van der Waals surface area contributed by atoms with Gasteiger partial charge in [-0.2, -0.15) is 0 Å². The lowest BCUT2D eigenvalue weighted by atomic mass is 10.0. The van der Waals surface area contributed by atoms with Crippen molar-refractivity contribution in [2.45, 2.75) is 46.1 Å². The molecule has 1 atom stereocenters. The molecule has 21 heavy (non-hydrogen) atoms. The standard InChI is InChI=1S/C14H21N3O4/c1-9(2)5-4-6-10(3)16-13-12(17(20)21)7-11(8-15-13)14(18)19/h7-10H,4-6H2,1-3H3,(H,15,16)(H,18,19). The summed E-state index contributed by atoms with van der Waals surface area (Å²) in [6, 6.07) is 1.06. The van der Waals surface area contributed by atoms with Crippen LogP contribution in [0, 0.1) is 16.0 Å². The average Bonchev–Trinajstić information content (AvgIpc) is 2.38. The zero-order chi connectivity index (χ0) is 16.0. The Hall–Kier alpha value is -2.18. The van der Waals surface area contributed by atoms with Crippen LogP contribution in [0.15, 0.2) is 12.3 Å². The molecule has 1 aromatic heterocycles. The summed E-state index contributed by atoms with van der Waals surface area (Å²) in [5, 5.41) is 22.8. The van der Waals surface area contributed by atoms with E-state index >= 15 is 0 Å². The van der Waals surface area contributed by atoms with Gasteiger partial charge < -0.3 is 10.4 Å². The highest BCUT2D eigenvalue weighted by Gasteiger charge is 2.20. The van der Waals surface area contributed by atoms with Crippen LogP contribution < -0.4 is 5.32 Å². The summed E-state index contributed by atoms with van der Waals surface area (Å²) < 4.78 is 0. The summed E-state index contributed by atoms with van der Waals surface area (Å²) in [6.45, 7) is 6.22. The SMILES string of the molecule is CC(C)CCCC(C)Nc1ncc(C(=O)O)cc1[N+](=O)[O-]. The molecular weight excluding hydrogens is 274 g/mol. The van der Waals surface area contributed by atoms with Crippen molar-refractivity contribution >= 4 is 17.5 Å². The molecule has 7 heteroatoms. The third-order valence-electron chi connectivity index (χ3n) is 3.11. The second kappa shape index (κ2) is 7.56. The third-order valence-corrected chi connectivity index (χ3v) is 3.11. The first-order chi connectivity index (χ1) is 9.81. The van der Waals surface area contributed by atoms with Crippen LogP contribution in [0.25, 0.3) is 0 Å².